The Morgan fingerprint density at radius 3 is 2.50 bits per heavy atom. The molecule has 2 aromatic rings. The molecule has 6 nitrogen and oxygen atoms in total. The van der Waals surface area contributed by atoms with Crippen molar-refractivity contribution in [2.45, 2.75) is 19.3 Å². The first kappa shape index (κ1) is 19.8. The monoisotopic (exact) mass is 385 g/mol. The molecule has 0 unspecified atom stereocenters. The second-order valence-corrected chi connectivity index (χ2v) is 7.18. The molecule has 2 amide bonds. The van der Waals surface area contributed by atoms with Gasteiger partial charge in [-0.1, -0.05) is 12.1 Å². The average molecular weight is 385 g/mol. The summed E-state index contributed by atoms with van der Waals surface area (Å²) in [4.78, 5) is 38.5. The van der Waals surface area contributed by atoms with Crippen LogP contribution in [0.3, 0.4) is 0 Å². The van der Waals surface area contributed by atoms with Gasteiger partial charge in [-0.05, 0) is 48.6 Å². The number of pyridine rings is 1. The highest BCUT2D eigenvalue weighted by atomic mass is 19.1. The normalized spacial score (nSPS) is 14.7. The molecule has 1 aliphatic rings. The quantitative estimate of drug-likeness (QED) is 0.852. The highest BCUT2D eigenvalue weighted by Crippen LogP contribution is 2.18. The van der Waals surface area contributed by atoms with Crippen molar-refractivity contribution in [3.8, 4) is 0 Å². The number of hydrogen-bond acceptors (Lipinski definition) is 3. The van der Waals surface area contributed by atoms with Crippen LogP contribution in [-0.4, -0.2) is 40.9 Å². The number of aryl methyl sites for hydroxylation is 1. The molecule has 0 bridgehead atoms. The predicted molar refractivity (Wildman–Crippen MR) is 103 cm³/mol. The number of nitrogens with zero attached hydrogens (tertiary/aromatic N) is 2. The lowest BCUT2D eigenvalue weighted by Gasteiger charge is -2.32. The maximum Gasteiger partial charge on any atom is 0.263 e. The highest BCUT2D eigenvalue weighted by Gasteiger charge is 2.25. The summed E-state index contributed by atoms with van der Waals surface area (Å²) >= 11 is 0. The third-order valence-corrected chi connectivity index (χ3v) is 5.12. The Balaban J connectivity index is 1.45. The molecule has 0 saturated carbocycles. The van der Waals surface area contributed by atoms with Gasteiger partial charge in [0.05, 0.1) is 6.42 Å². The van der Waals surface area contributed by atoms with Gasteiger partial charge in [0.2, 0.25) is 5.91 Å². The van der Waals surface area contributed by atoms with Gasteiger partial charge in [0, 0.05) is 32.9 Å². The first-order valence-electron chi connectivity index (χ1n) is 9.40. The zero-order valence-electron chi connectivity index (χ0n) is 15.9. The minimum atomic E-state index is -0.321. The number of nitrogens with one attached hydrogen (secondary N) is 1. The number of rotatable bonds is 5. The van der Waals surface area contributed by atoms with Crippen molar-refractivity contribution < 1.29 is 14.0 Å². The van der Waals surface area contributed by atoms with Gasteiger partial charge in [0.25, 0.3) is 11.5 Å². The third kappa shape index (κ3) is 4.85. The summed E-state index contributed by atoms with van der Waals surface area (Å²) in [5.74, 6) is -0.364. The standard InChI is InChI=1S/C21H24FN3O3/c1-24-10-2-3-18(20(24)27)21(28)25-11-8-16(9-12-25)14-23-19(26)13-15-4-6-17(22)7-5-15/h2-7,10,16H,8-9,11-14H2,1H3,(H,23,26). The van der Waals surface area contributed by atoms with E-state index in [4.69, 9.17) is 0 Å². The summed E-state index contributed by atoms with van der Waals surface area (Å²) in [5, 5.41) is 2.92. The van der Waals surface area contributed by atoms with Crippen LogP contribution in [0.5, 0.6) is 0 Å². The molecule has 148 valence electrons. The van der Waals surface area contributed by atoms with Gasteiger partial charge in [0.15, 0.2) is 0 Å². The van der Waals surface area contributed by atoms with E-state index in [0.717, 1.165) is 18.4 Å². The number of carbonyl (C=O) groups is 2. The Bertz CT molecular complexity index is 900. The zero-order valence-corrected chi connectivity index (χ0v) is 15.9. The van der Waals surface area contributed by atoms with Crippen LogP contribution in [0.1, 0.15) is 28.8 Å². The van der Waals surface area contributed by atoms with Crippen molar-refractivity contribution in [1.29, 1.82) is 0 Å². The minimum Gasteiger partial charge on any atom is -0.356 e. The second kappa shape index (κ2) is 8.82. The molecule has 3 rings (SSSR count). The van der Waals surface area contributed by atoms with E-state index in [1.807, 2.05) is 0 Å². The van der Waals surface area contributed by atoms with Crippen LogP contribution in [0, 0.1) is 11.7 Å². The number of benzene rings is 1. The van der Waals surface area contributed by atoms with E-state index >= 15 is 0 Å². The van der Waals surface area contributed by atoms with Crippen LogP contribution in [0.2, 0.25) is 0 Å². The lowest BCUT2D eigenvalue weighted by molar-refractivity contribution is -0.120. The molecule has 7 heteroatoms. The number of likely N-dealkylation sites (tertiary alicyclic amines) is 1. The maximum absolute atomic E-state index is 12.9. The number of piperidine rings is 1. The molecule has 1 aliphatic heterocycles. The SMILES string of the molecule is Cn1cccc(C(=O)N2CCC(CNC(=O)Cc3ccc(F)cc3)CC2)c1=O. The molecule has 1 fully saturated rings. The Morgan fingerprint density at radius 2 is 1.82 bits per heavy atom. The van der Waals surface area contributed by atoms with Crippen molar-refractivity contribution in [2.24, 2.45) is 13.0 Å². The summed E-state index contributed by atoms with van der Waals surface area (Å²) in [6, 6.07) is 9.15. The largest absolute Gasteiger partial charge is 0.356 e. The van der Waals surface area contributed by atoms with Gasteiger partial charge in [-0.3, -0.25) is 14.4 Å². The fourth-order valence-electron chi connectivity index (χ4n) is 3.38. The van der Waals surface area contributed by atoms with E-state index in [1.54, 1.807) is 42.4 Å². The predicted octanol–water partition coefficient (Wildman–Crippen LogP) is 1.74. The summed E-state index contributed by atoms with van der Waals surface area (Å²) in [7, 11) is 1.62. The average Bonchev–Trinajstić information content (AvgIpc) is 2.70. The van der Waals surface area contributed by atoms with Crippen molar-refractivity contribution >= 4 is 11.8 Å². The van der Waals surface area contributed by atoms with Crippen LogP contribution in [-0.2, 0) is 18.3 Å². The Hall–Kier alpha value is -2.96. The molecule has 0 radical (unpaired) electrons. The molecule has 28 heavy (non-hydrogen) atoms. The van der Waals surface area contributed by atoms with E-state index in [-0.39, 0.29) is 35.2 Å². The van der Waals surface area contributed by atoms with Gasteiger partial charge in [-0.15, -0.1) is 0 Å². The van der Waals surface area contributed by atoms with Crippen molar-refractivity contribution in [2.75, 3.05) is 19.6 Å². The molecule has 0 spiro atoms. The lowest BCUT2D eigenvalue weighted by atomic mass is 9.96. The second-order valence-electron chi connectivity index (χ2n) is 7.18. The van der Waals surface area contributed by atoms with Gasteiger partial charge in [-0.2, -0.15) is 0 Å². The molecule has 1 aromatic carbocycles. The number of aromatic nitrogens is 1. The van der Waals surface area contributed by atoms with Crippen molar-refractivity contribution in [3.63, 3.8) is 0 Å². The third-order valence-electron chi connectivity index (χ3n) is 5.12. The van der Waals surface area contributed by atoms with Gasteiger partial charge < -0.3 is 14.8 Å². The first-order valence-corrected chi connectivity index (χ1v) is 9.40. The molecule has 0 aliphatic carbocycles. The smallest absolute Gasteiger partial charge is 0.263 e. The van der Waals surface area contributed by atoms with Gasteiger partial charge in [0.1, 0.15) is 11.4 Å². The highest BCUT2D eigenvalue weighted by molar-refractivity contribution is 5.93. The summed E-state index contributed by atoms with van der Waals surface area (Å²) < 4.78 is 14.3. The Labute approximate surface area is 163 Å². The zero-order chi connectivity index (χ0) is 20.1. The van der Waals surface area contributed by atoms with Crippen molar-refractivity contribution in [3.05, 3.63) is 69.9 Å². The van der Waals surface area contributed by atoms with E-state index < -0.39 is 0 Å². The molecule has 1 saturated heterocycles. The number of carbonyl (C=O) groups excluding carboxylic acids is 2. The summed E-state index contributed by atoms with van der Waals surface area (Å²) in [6.07, 6.45) is 3.39. The maximum atomic E-state index is 12.9. The lowest BCUT2D eigenvalue weighted by Crippen LogP contribution is -2.43. The fourth-order valence-corrected chi connectivity index (χ4v) is 3.38. The Morgan fingerprint density at radius 1 is 1.14 bits per heavy atom. The number of hydrogen-bond donors (Lipinski definition) is 1. The molecule has 2 heterocycles. The van der Waals surface area contributed by atoms with Crippen LogP contribution >= 0.6 is 0 Å². The van der Waals surface area contributed by atoms with Crippen LogP contribution in [0.25, 0.3) is 0 Å². The van der Waals surface area contributed by atoms with Crippen LogP contribution in [0.15, 0.2) is 47.4 Å². The molecule has 0 atom stereocenters. The molecule has 1 N–H and O–H groups in total. The molecular formula is C21H24FN3O3. The fraction of sp³-hybridized carbons (Fsp3) is 0.381. The van der Waals surface area contributed by atoms with Gasteiger partial charge in [-0.25, -0.2) is 4.39 Å². The van der Waals surface area contributed by atoms with Crippen LogP contribution < -0.4 is 10.9 Å². The Kier molecular flexibility index (Phi) is 6.23. The van der Waals surface area contributed by atoms with E-state index in [2.05, 4.69) is 5.32 Å². The topological polar surface area (TPSA) is 71.4 Å². The number of amides is 2. The molecule has 1 aromatic heterocycles. The summed E-state index contributed by atoms with van der Waals surface area (Å²) in [5.41, 5.74) is 0.669. The first-order chi connectivity index (χ1) is 13.4. The van der Waals surface area contributed by atoms with Crippen molar-refractivity contribution in [1.82, 2.24) is 14.8 Å². The van der Waals surface area contributed by atoms with E-state index in [0.29, 0.717) is 25.6 Å². The minimum absolute atomic E-state index is 0.0992. The van der Waals surface area contributed by atoms with Crippen LogP contribution in [0.4, 0.5) is 4.39 Å². The van der Waals surface area contributed by atoms with E-state index in [9.17, 15) is 18.8 Å². The summed E-state index contributed by atoms with van der Waals surface area (Å²) in [6.45, 7) is 1.68. The number of halogens is 1. The molecular weight excluding hydrogens is 361 g/mol. The van der Waals surface area contributed by atoms with E-state index in [1.165, 1.54) is 16.7 Å². The van der Waals surface area contributed by atoms with Gasteiger partial charge >= 0.3 is 0 Å².